The summed E-state index contributed by atoms with van der Waals surface area (Å²) in [7, 11) is 1.21. The van der Waals surface area contributed by atoms with Crippen LogP contribution in [0.15, 0.2) is 0 Å². The monoisotopic (exact) mass is 1190 g/mol. The van der Waals surface area contributed by atoms with E-state index in [1.54, 1.807) is 34.6 Å². The second-order valence-electron chi connectivity index (χ2n) is 26.2. The Morgan fingerprint density at radius 2 is 0.917 bits per heavy atom. The molecular formula is C59H107N12O13. The number of amides is 10. The minimum absolute atomic E-state index is 0.0483. The average molecular weight is 1190 g/mol. The first-order chi connectivity index (χ1) is 38.8. The molecule has 481 valence electrons. The minimum atomic E-state index is -1.61. The lowest BCUT2D eigenvalue weighted by molar-refractivity contribution is -0.296. The maximum Gasteiger partial charge on any atom is 0.328 e. The summed E-state index contributed by atoms with van der Waals surface area (Å²) >= 11 is 0. The Balaban J connectivity index is 2.91. The van der Waals surface area contributed by atoms with Crippen molar-refractivity contribution >= 4 is 65.0 Å². The van der Waals surface area contributed by atoms with Crippen molar-refractivity contribution in [1.29, 1.82) is 0 Å². The van der Waals surface area contributed by atoms with Gasteiger partial charge in [-0.2, -0.15) is 0 Å². The SMILES string of the molecule is CCCCCCCCNC1(C(=O)NCC(=O)N[C@@H](CC(C)C)C(=O)NC(C)(C)C(=O)NCC(=O)NCC(=O)N[C@@H](CC(C)C)C(=O)NC(C)(C)C(=O)NCC(=O)N[C@H](C(=O)N[C@@H](CC(C)C)C(=O)OC)C(C)CC)CC(C)(C)N([O])C(C)(C)C1. The molecule has 1 aliphatic heterocycles. The van der Waals surface area contributed by atoms with Crippen LogP contribution in [-0.4, -0.2) is 162 Å². The van der Waals surface area contributed by atoms with Crippen LogP contribution in [0.2, 0.25) is 0 Å². The average Bonchev–Trinajstić information content (AvgIpc) is 0.968. The number of ether oxygens (including phenoxy) is 1. The van der Waals surface area contributed by atoms with Gasteiger partial charge in [0.05, 0.1) is 33.3 Å². The highest BCUT2D eigenvalue weighted by molar-refractivity contribution is 5.98. The number of hydrogen-bond donors (Lipinski definition) is 11. The third kappa shape index (κ3) is 26.1. The molecule has 84 heavy (non-hydrogen) atoms. The zero-order chi connectivity index (χ0) is 64.6. The minimum Gasteiger partial charge on any atom is -0.467 e. The Morgan fingerprint density at radius 3 is 1.36 bits per heavy atom. The first kappa shape index (κ1) is 76.1. The van der Waals surface area contributed by atoms with Crippen LogP contribution < -0.4 is 58.5 Å². The van der Waals surface area contributed by atoms with E-state index in [1.165, 1.54) is 34.8 Å². The second-order valence-corrected chi connectivity index (χ2v) is 26.2. The van der Waals surface area contributed by atoms with Gasteiger partial charge in [-0.3, -0.25) is 47.9 Å². The van der Waals surface area contributed by atoms with Crippen molar-refractivity contribution in [3.05, 3.63) is 0 Å². The fourth-order valence-electron chi connectivity index (χ4n) is 10.3. The van der Waals surface area contributed by atoms with Gasteiger partial charge in [0, 0.05) is 11.1 Å². The quantitative estimate of drug-likeness (QED) is 0.0314. The molecule has 0 saturated carbocycles. The molecule has 5 atom stereocenters. The summed E-state index contributed by atoms with van der Waals surface area (Å²) < 4.78 is 4.85. The lowest BCUT2D eigenvalue weighted by atomic mass is 9.69. The molecule has 1 fully saturated rings. The van der Waals surface area contributed by atoms with E-state index < -0.39 is 143 Å². The van der Waals surface area contributed by atoms with Crippen LogP contribution in [0.4, 0.5) is 0 Å². The molecular weight excluding hydrogens is 1080 g/mol. The molecule has 1 saturated heterocycles. The van der Waals surface area contributed by atoms with Crippen molar-refractivity contribution in [1.82, 2.24) is 63.5 Å². The first-order valence-corrected chi connectivity index (χ1v) is 30.0. The molecule has 11 N–H and O–H groups in total. The summed E-state index contributed by atoms with van der Waals surface area (Å²) in [5, 5.41) is 43.7. The molecule has 0 bridgehead atoms. The predicted octanol–water partition coefficient (Wildman–Crippen LogP) is 2.22. The van der Waals surface area contributed by atoms with Gasteiger partial charge >= 0.3 is 5.97 Å². The number of nitrogens with one attached hydrogen (secondary N) is 11. The van der Waals surface area contributed by atoms with Crippen LogP contribution in [0, 0.1) is 23.7 Å². The van der Waals surface area contributed by atoms with Gasteiger partial charge in [-0.05, 0) is 124 Å². The number of methoxy groups -OCH3 is 1. The number of nitrogens with zero attached hydrogens (tertiary/aromatic N) is 1. The number of piperidine rings is 1. The fraction of sp³-hybridized carbons (Fsp3) is 0.814. The molecule has 10 amide bonds. The summed E-state index contributed by atoms with van der Waals surface area (Å²) in [6.07, 6.45) is 7.85. The Labute approximate surface area is 499 Å². The molecule has 1 unspecified atom stereocenters. The Kier molecular flexibility index (Phi) is 31.6. The number of carbonyl (C=O) groups excluding carboxylic acids is 11. The predicted molar refractivity (Wildman–Crippen MR) is 318 cm³/mol. The highest BCUT2D eigenvalue weighted by Crippen LogP contribution is 2.43. The van der Waals surface area contributed by atoms with Crippen LogP contribution in [0.3, 0.4) is 0 Å². The van der Waals surface area contributed by atoms with E-state index in [-0.39, 0.29) is 49.4 Å². The van der Waals surface area contributed by atoms with Crippen LogP contribution in [-0.2, 0) is 62.7 Å². The maximum absolute atomic E-state index is 14.1. The van der Waals surface area contributed by atoms with Crippen LogP contribution in [0.25, 0.3) is 0 Å². The summed E-state index contributed by atoms with van der Waals surface area (Å²) in [4.78, 5) is 147. The molecule has 0 spiro atoms. The summed E-state index contributed by atoms with van der Waals surface area (Å²) in [5.41, 5.74) is -6.17. The highest BCUT2D eigenvalue weighted by Gasteiger charge is 2.56. The maximum atomic E-state index is 14.1. The molecule has 0 aromatic carbocycles. The van der Waals surface area contributed by atoms with Gasteiger partial charge in [0.2, 0.25) is 59.1 Å². The largest absolute Gasteiger partial charge is 0.467 e. The van der Waals surface area contributed by atoms with Gasteiger partial charge in [0.1, 0.15) is 40.8 Å². The van der Waals surface area contributed by atoms with E-state index in [9.17, 15) is 57.9 Å². The molecule has 1 heterocycles. The standard InChI is InChI=1S/C59H107N12O13/c1-19-21-22-23-24-25-26-64-59(34-55(10,11)71(83)56(12,13)35-59)54(82)63-32-45(74)66-41(28-37(5)6)49(77)69-57(14,15)52(80)61-30-43(72)60-31-44(73)65-40(27-36(3)4)48(76)70-58(16,17)53(81)62-33-46(75)68-47(39(9)20-2)50(78)67-42(29-38(7)8)51(79)84-18/h36-42,47,64H,19-35H2,1-18H3,(H,60,72)(H,61,80)(H,62,81)(H,63,82)(H,65,73)(H,66,74)(H,67,78)(H,68,75)(H,69,77)(H,70,76)/t39?,40-,41-,42-,47-/m0/s1. The second kappa shape index (κ2) is 34.9. The topological polar surface area (TPSA) is 352 Å². The van der Waals surface area contributed by atoms with E-state index in [2.05, 4.69) is 65.4 Å². The third-order valence-electron chi connectivity index (χ3n) is 14.7. The third-order valence-corrected chi connectivity index (χ3v) is 14.7. The molecule has 0 aromatic heterocycles. The number of unbranched alkanes of at least 4 members (excludes halogenated alkanes) is 5. The molecule has 25 nitrogen and oxygen atoms in total. The Bertz CT molecular complexity index is 2220. The number of carbonyl (C=O) groups is 11. The van der Waals surface area contributed by atoms with Crippen molar-refractivity contribution in [2.24, 2.45) is 23.7 Å². The van der Waals surface area contributed by atoms with Gasteiger partial charge in [0.25, 0.3) is 0 Å². The van der Waals surface area contributed by atoms with E-state index in [1.807, 2.05) is 48.5 Å². The van der Waals surface area contributed by atoms with Gasteiger partial charge in [-0.25, -0.2) is 4.79 Å². The summed E-state index contributed by atoms with van der Waals surface area (Å²) in [6, 6.07) is -4.26. The van der Waals surface area contributed by atoms with Crippen molar-refractivity contribution in [3.8, 4) is 0 Å². The van der Waals surface area contributed by atoms with E-state index in [4.69, 9.17) is 4.74 Å². The van der Waals surface area contributed by atoms with E-state index in [0.29, 0.717) is 19.4 Å². The van der Waals surface area contributed by atoms with Crippen molar-refractivity contribution in [2.75, 3.05) is 39.8 Å². The van der Waals surface area contributed by atoms with Crippen molar-refractivity contribution < 1.29 is 62.7 Å². The van der Waals surface area contributed by atoms with Crippen LogP contribution >= 0.6 is 0 Å². The van der Waals surface area contributed by atoms with Crippen molar-refractivity contribution in [3.63, 3.8) is 0 Å². The summed E-state index contributed by atoms with van der Waals surface area (Å²) in [6.45, 7) is 27.9. The zero-order valence-electron chi connectivity index (χ0n) is 53.9. The van der Waals surface area contributed by atoms with Gasteiger partial charge in [0.15, 0.2) is 0 Å². The number of hydroxylamine groups is 2. The fourth-order valence-corrected chi connectivity index (χ4v) is 10.3. The van der Waals surface area contributed by atoms with E-state index >= 15 is 0 Å². The smallest absolute Gasteiger partial charge is 0.328 e. The molecule has 0 aromatic rings. The lowest BCUT2D eigenvalue weighted by Crippen LogP contribution is -2.72. The van der Waals surface area contributed by atoms with Gasteiger partial charge in [-0.15, -0.1) is 10.3 Å². The van der Waals surface area contributed by atoms with Crippen LogP contribution in [0.1, 0.15) is 195 Å². The molecule has 0 aliphatic carbocycles. The highest BCUT2D eigenvalue weighted by atomic mass is 16.5. The number of esters is 1. The normalized spacial score (nSPS) is 16.6. The molecule has 25 heteroatoms. The van der Waals surface area contributed by atoms with Crippen LogP contribution in [0.5, 0.6) is 0 Å². The number of hydrogen-bond acceptors (Lipinski definition) is 14. The number of rotatable bonds is 37. The lowest BCUT2D eigenvalue weighted by Gasteiger charge is -2.54. The first-order valence-electron chi connectivity index (χ1n) is 30.0. The Hall–Kier alpha value is -5.95. The Morgan fingerprint density at radius 1 is 0.512 bits per heavy atom. The zero-order valence-corrected chi connectivity index (χ0v) is 53.9. The molecule has 1 aliphatic rings. The van der Waals surface area contributed by atoms with E-state index in [0.717, 1.165) is 43.6 Å². The molecule has 1 radical (unpaired) electrons. The summed E-state index contributed by atoms with van der Waals surface area (Å²) in [5.74, 6) is -8.01. The van der Waals surface area contributed by atoms with Crippen molar-refractivity contribution in [2.45, 2.75) is 247 Å². The van der Waals surface area contributed by atoms with Gasteiger partial charge < -0.3 is 63.2 Å². The van der Waals surface area contributed by atoms with Gasteiger partial charge in [-0.1, -0.05) is 101 Å². The molecule has 1 rings (SSSR count).